The van der Waals surface area contributed by atoms with E-state index in [9.17, 15) is 0 Å². The van der Waals surface area contributed by atoms with E-state index in [0.29, 0.717) is 23.0 Å². The molecule has 164 valence electrons. The predicted molar refractivity (Wildman–Crippen MR) is 122 cm³/mol. The molecule has 0 fully saturated rings. The van der Waals surface area contributed by atoms with Crippen LogP contribution in [0.3, 0.4) is 0 Å². The Labute approximate surface area is 204 Å². The molecule has 30 heavy (non-hydrogen) atoms. The molecule has 0 spiro atoms. The van der Waals surface area contributed by atoms with Gasteiger partial charge in [-0.1, -0.05) is 12.1 Å². The van der Waals surface area contributed by atoms with Crippen LogP contribution in [0.5, 0.6) is 23.0 Å². The molecular formula is C23H29BrINO4. The van der Waals surface area contributed by atoms with Crippen molar-refractivity contribution in [3.05, 3.63) is 34.3 Å². The van der Waals surface area contributed by atoms with Gasteiger partial charge in [0.1, 0.15) is 0 Å². The highest BCUT2D eigenvalue weighted by Gasteiger charge is 2.23. The number of halogens is 2. The van der Waals surface area contributed by atoms with E-state index in [4.69, 9.17) is 18.9 Å². The van der Waals surface area contributed by atoms with Gasteiger partial charge in [0.05, 0.1) is 60.6 Å². The summed E-state index contributed by atoms with van der Waals surface area (Å²) in [7, 11) is 13.2. The number of ether oxygens (including phenoxy) is 4. The molecule has 0 N–H and O–H groups in total. The average molecular weight is 590 g/mol. The normalized spacial score (nSPS) is 11.3. The van der Waals surface area contributed by atoms with Gasteiger partial charge in [0.25, 0.3) is 0 Å². The maximum absolute atomic E-state index is 5.84. The van der Waals surface area contributed by atoms with Crippen molar-refractivity contribution in [1.29, 1.82) is 0 Å². The fourth-order valence-electron chi connectivity index (χ4n) is 3.68. The van der Waals surface area contributed by atoms with Crippen LogP contribution in [0.2, 0.25) is 0 Å². The van der Waals surface area contributed by atoms with Gasteiger partial charge >= 0.3 is 0 Å². The monoisotopic (exact) mass is 589 g/mol. The van der Waals surface area contributed by atoms with E-state index < -0.39 is 0 Å². The fourth-order valence-corrected chi connectivity index (χ4v) is 4.44. The number of benzene rings is 3. The second-order valence-corrected chi connectivity index (χ2v) is 8.83. The number of fused-ring (bicyclic) bond motifs is 3. The van der Waals surface area contributed by atoms with E-state index in [2.05, 4.69) is 49.2 Å². The molecule has 0 saturated heterocycles. The molecule has 7 heteroatoms. The summed E-state index contributed by atoms with van der Waals surface area (Å²) in [6.45, 7) is 0.993. The second kappa shape index (κ2) is 9.78. The molecule has 3 aromatic rings. The van der Waals surface area contributed by atoms with Gasteiger partial charge in [0.2, 0.25) is 0 Å². The number of rotatable bonds is 7. The Morgan fingerprint density at radius 1 is 0.800 bits per heavy atom. The molecule has 0 atom stereocenters. The molecule has 0 amide bonds. The second-order valence-electron chi connectivity index (χ2n) is 8.04. The van der Waals surface area contributed by atoms with Crippen LogP contribution < -0.4 is 42.9 Å². The first kappa shape index (κ1) is 24.8. The Hall–Kier alpha value is -1.45. The lowest BCUT2D eigenvalue weighted by Gasteiger charge is -2.25. The first-order chi connectivity index (χ1) is 13.8. The van der Waals surface area contributed by atoms with Gasteiger partial charge in [-0.3, -0.25) is 0 Å². The minimum absolute atomic E-state index is 0. The van der Waals surface area contributed by atoms with Gasteiger partial charge in [0.15, 0.2) is 23.0 Å². The molecular weight excluding hydrogens is 561 g/mol. The molecule has 3 rings (SSSR count). The highest BCUT2D eigenvalue weighted by molar-refractivity contribution is 9.10. The van der Waals surface area contributed by atoms with Crippen molar-refractivity contribution < 1.29 is 47.4 Å². The summed E-state index contributed by atoms with van der Waals surface area (Å²) in [6.07, 6.45) is 0.903. The number of likely N-dealkylation sites (N-methyl/N-ethyl adjacent to an activating group) is 1. The Bertz CT molecular complexity index is 1060. The maximum atomic E-state index is 5.84. The summed E-state index contributed by atoms with van der Waals surface area (Å²) in [4.78, 5) is 0. The van der Waals surface area contributed by atoms with Crippen molar-refractivity contribution in [2.45, 2.75) is 6.42 Å². The molecule has 0 aromatic heterocycles. The van der Waals surface area contributed by atoms with E-state index >= 15 is 0 Å². The van der Waals surface area contributed by atoms with Crippen molar-refractivity contribution in [2.75, 3.05) is 56.1 Å². The third kappa shape index (κ3) is 4.57. The zero-order chi connectivity index (χ0) is 21.3. The Kier molecular flexibility index (Phi) is 8.09. The summed E-state index contributed by atoms with van der Waals surface area (Å²) in [6, 6.07) is 8.28. The van der Waals surface area contributed by atoms with Gasteiger partial charge in [-0.2, -0.15) is 0 Å². The minimum Gasteiger partial charge on any atom is -1.00 e. The zero-order valence-corrected chi connectivity index (χ0v) is 22.3. The van der Waals surface area contributed by atoms with Crippen molar-refractivity contribution in [3.63, 3.8) is 0 Å². The van der Waals surface area contributed by atoms with Crippen LogP contribution >= 0.6 is 15.9 Å². The number of hydrogen-bond donors (Lipinski definition) is 0. The highest BCUT2D eigenvalue weighted by Crippen LogP contribution is 2.48. The average Bonchev–Trinajstić information content (AvgIpc) is 2.69. The summed E-state index contributed by atoms with van der Waals surface area (Å²) >= 11 is 3.78. The van der Waals surface area contributed by atoms with Gasteiger partial charge in [-0.15, -0.1) is 0 Å². The third-order valence-electron chi connectivity index (χ3n) is 5.19. The van der Waals surface area contributed by atoms with Crippen molar-refractivity contribution in [2.24, 2.45) is 0 Å². The van der Waals surface area contributed by atoms with Crippen LogP contribution in [0.15, 0.2) is 28.7 Å². The first-order valence-electron chi connectivity index (χ1n) is 9.47. The molecule has 0 saturated carbocycles. The maximum Gasteiger partial charge on any atom is 0.175 e. The van der Waals surface area contributed by atoms with Crippen molar-refractivity contribution in [1.82, 2.24) is 0 Å². The standard InChI is InChI=1S/C23H29BrNO4.HI/c1-25(2,3)11-10-16-15-9-8-14-12-18(26-4)19(27-5)13-17(14)20(15)22(28-6)23(29-7)21(16)24;/h8-9,12-13H,10-11H2,1-7H3;1H/q+1;/p-1. The summed E-state index contributed by atoms with van der Waals surface area (Å²) in [5.41, 5.74) is 1.21. The number of hydrogen-bond acceptors (Lipinski definition) is 4. The number of nitrogens with zero attached hydrogens (tertiary/aromatic N) is 1. The van der Waals surface area contributed by atoms with Crippen LogP contribution in [-0.2, 0) is 6.42 Å². The molecule has 0 unspecified atom stereocenters. The molecule has 0 aliphatic rings. The SMILES string of the molecule is COc1cc2ccc3c(CC[N+](C)(C)C)c(Br)c(OC)c(OC)c3c2cc1OC.[I-]. The van der Waals surface area contributed by atoms with Gasteiger partial charge in [-0.05, 0) is 49.8 Å². The van der Waals surface area contributed by atoms with Crippen LogP contribution in [0.1, 0.15) is 5.56 Å². The predicted octanol–water partition coefficient (Wildman–Crippen LogP) is 2.04. The number of methoxy groups -OCH3 is 4. The quantitative estimate of drug-likeness (QED) is 0.240. The molecule has 0 aliphatic heterocycles. The number of quaternary nitrogens is 1. The van der Waals surface area contributed by atoms with Gasteiger partial charge in [0, 0.05) is 11.8 Å². The lowest BCUT2D eigenvalue weighted by Crippen LogP contribution is -3.00. The largest absolute Gasteiger partial charge is 1.00 e. The van der Waals surface area contributed by atoms with Gasteiger partial charge in [-0.25, -0.2) is 0 Å². The first-order valence-corrected chi connectivity index (χ1v) is 10.3. The molecule has 0 heterocycles. The van der Waals surface area contributed by atoms with E-state index in [1.54, 1.807) is 28.4 Å². The van der Waals surface area contributed by atoms with Crippen molar-refractivity contribution in [3.8, 4) is 23.0 Å². The topological polar surface area (TPSA) is 36.9 Å². The van der Waals surface area contributed by atoms with E-state index in [1.165, 1.54) is 5.56 Å². The highest BCUT2D eigenvalue weighted by atomic mass is 127. The smallest absolute Gasteiger partial charge is 0.175 e. The fraction of sp³-hybridized carbons (Fsp3) is 0.391. The van der Waals surface area contributed by atoms with E-state index in [-0.39, 0.29) is 24.0 Å². The summed E-state index contributed by atoms with van der Waals surface area (Å²) < 4.78 is 24.5. The third-order valence-corrected chi connectivity index (χ3v) is 6.03. The lowest BCUT2D eigenvalue weighted by molar-refractivity contribution is -0.870. The minimum atomic E-state index is 0. The van der Waals surface area contributed by atoms with E-state index in [0.717, 1.165) is 43.5 Å². The van der Waals surface area contributed by atoms with E-state index in [1.807, 2.05) is 12.1 Å². The van der Waals surface area contributed by atoms with Crippen LogP contribution in [0, 0.1) is 0 Å². The molecule has 5 nitrogen and oxygen atoms in total. The van der Waals surface area contributed by atoms with Gasteiger partial charge < -0.3 is 47.4 Å². The Balaban J connectivity index is 0.00000320. The Morgan fingerprint density at radius 3 is 1.93 bits per heavy atom. The molecule has 0 aliphatic carbocycles. The van der Waals surface area contributed by atoms with Crippen LogP contribution in [-0.4, -0.2) is 60.6 Å². The van der Waals surface area contributed by atoms with Crippen molar-refractivity contribution >= 4 is 37.5 Å². The Morgan fingerprint density at radius 2 is 1.40 bits per heavy atom. The summed E-state index contributed by atoms with van der Waals surface area (Å²) in [5, 5.41) is 4.25. The van der Waals surface area contributed by atoms with Crippen LogP contribution in [0.4, 0.5) is 0 Å². The van der Waals surface area contributed by atoms with Crippen LogP contribution in [0.25, 0.3) is 21.5 Å². The zero-order valence-electron chi connectivity index (χ0n) is 18.6. The molecule has 3 aromatic carbocycles. The summed E-state index contributed by atoms with van der Waals surface area (Å²) in [5.74, 6) is 2.80. The molecule has 0 bridgehead atoms. The molecule has 0 radical (unpaired) electrons. The lowest BCUT2D eigenvalue weighted by atomic mass is 9.95.